The molecule has 0 spiro atoms. The Hall–Kier alpha value is -0.530. The summed E-state index contributed by atoms with van der Waals surface area (Å²) in [6, 6.07) is 6.25. The molecule has 15 heavy (non-hydrogen) atoms. The summed E-state index contributed by atoms with van der Waals surface area (Å²) in [6.45, 7) is 8.62. The Kier molecular flexibility index (Phi) is 5.13. The molecule has 0 heterocycles. The first-order valence-corrected chi connectivity index (χ1v) is 5.93. The first kappa shape index (κ1) is 12.5. The van der Waals surface area contributed by atoms with E-state index in [4.69, 9.17) is 11.6 Å². The lowest BCUT2D eigenvalue weighted by Gasteiger charge is -2.08. The molecule has 0 aliphatic rings. The van der Waals surface area contributed by atoms with E-state index in [0.29, 0.717) is 0 Å². The Morgan fingerprint density at radius 2 is 2.07 bits per heavy atom. The summed E-state index contributed by atoms with van der Waals surface area (Å²) in [4.78, 5) is 0. The smallest absolute Gasteiger partial charge is 0.0435 e. The first-order valence-electron chi connectivity index (χ1n) is 5.55. The molecule has 0 aromatic heterocycles. The summed E-state index contributed by atoms with van der Waals surface area (Å²) in [5.74, 6) is 0.719. The van der Waals surface area contributed by atoms with E-state index in [2.05, 4.69) is 31.3 Å². The summed E-state index contributed by atoms with van der Waals surface area (Å²) >= 11 is 5.97. The fourth-order valence-electron chi connectivity index (χ4n) is 1.49. The molecule has 1 nitrogen and oxygen atoms in total. The lowest BCUT2D eigenvalue weighted by Crippen LogP contribution is -2.22. The SMILES string of the molecule is Cc1cc(CCNCC(C)C)ccc1Cl. The third kappa shape index (κ3) is 4.67. The molecule has 1 rings (SSSR count). The molecule has 0 unspecified atom stereocenters. The minimum atomic E-state index is 0.719. The van der Waals surface area contributed by atoms with Gasteiger partial charge in [-0.3, -0.25) is 0 Å². The predicted molar refractivity (Wildman–Crippen MR) is 67.6 cm³/mol. The molecule has 0 aliphatic heterocycles. The van der Waals surface area contributed by atoms with Crippen molar-refractivity contribution in [3.8, 4) is 0 Å². The maximum atomic E-state index is 5.97. The highest BCUT2D eigenvalue weighted by Crippen LogP contribution is 2.16. The molecule has 1 N–H and O–H groups in total. The summed E-state index contributed by atoms with van der Waals surface area (Å²) in [5, 5.41) is 4.29. The van der Waals surface area contributed by atoms with Crippen molar-refractivity contribution in [2.45, 2.75) is 27.2 Å². The number of nitrogens with one attached hydrogen (secondary N) is 1. The van der Waals surface area contributed by atoms with E-state index < -0.39 is 0 Å². The highest BCUT2D eigenvalue weighted by atomic mass is 35.5. The number of hydrogen-bond donors (Lipinski definition) is 1. The topological polar surface area (TPSA) is 12.0 Å². The zero-order chi connectivity index (χ0) is 11.3. The Bertz CT molecular complexity index is 307. The maximum Gasteiger partial charge on any atom is 0.0435 e. The van der Waals surface area contributed by atoms with Crippen LogP contribution < -0.4 is 5.32 Å². The van der Waals surface area contributed by atoms with Crippen molar-refractivity contribution in [1.82, 2.24) is 5.32 Å². The highest BCUT2D eigenvalue weighted by molar-refractivity contribution is 6.31. The van der Waals surface area contributed by atoms with Gasteiger partial charge >= 0.3 is 0 Å². The fraction of sp³-hybridized carbons (Fsp3) is 0.538. The van der Waals surface area contributed by atoms with Gasteiger partial charge < -0.3 is 5.32 Å². The fourth-order valence-corrected chi connectivity index (χ4v) is 1.60. The monoisotopic (exact) mass is 225 g/mol. The van der Waals surface area contributed by atoms with E-state index in [1.165, 1.54) is 5.56 Å². The molecule has 0 atom stereocenters. The molecule has 1 aromatic rings. The van der Waals surface area contributed by atoms with Gasteiger partial charge in [-0.25, -0.2) is 0 Å². The quantitative estimate of drug-likeness (QED) is 0.758. The second-order valence-corrected chi connectivity index (χ2v) is 4.84. The van der Waals surface area contributed by atoms with Crippen molar-refractivity contribution in [1.29, 1.82) is 0 Å². The van der Waals surface area contributed by atoms with E-state index in [1.807, 2.05) is 13.0 Å². The molecule has 0 radical (unpaired) electrons. The molecule has 1 aromatic carbocycles. The largest absolute Gasteiger partial charge is 0.316 e. The Labute approximate surface area is 97.8 Å². The molecule has 2 heteroatoms. The van der Waals surface area contributed by atoms with Crippen LogP contribution in [0.5, 0.6) is 0 Å². The van der Waals surface area contributed by atoms with E-state index in [0.717, 1.165) is 36.0 Å². The molecule has 0 aliphatic carbocycles. The van der Waals surface area contributed by atoms with Crippen molar-refractivity contribution in [2.24, 2.45) is 5.92 Å². The predicted octanol–water partition coefficient (Wildman–Crippen LogP) is 3.44. The summed E-state index contributed by atoms with van der Waals surface area (Å²) in [6.07, 6.45) is 1.07. The number of hydrogen-bond acceptors (Lipinski definition) is 1. The van der Waals surface area contributed by atoms with Crippen LogP contribution in [0.3, 0.4) is 0 Å². The van der Waals surface area contributed by atoms with Crippen LogP contribution in [0.1, 0.15) is 25.0 Å². The van der Waals surface area contributed by atoms with Crippen molar-refractivity contribution in [2.75, 3.05) is 13.1 Å². The Morgan fingerprint density at radius 1 is 1.33 bits per heavy atom. The number of rotatable bonds is 5. The van der Waals surface area contributed by atoms with Crippen LogP contribution in [0.15, 0.2) is 18.2 Å². The number of halogens is 1. The molecule has 0 saturated carbocycles. The van der Waals surface area contributed by atoms with E-state index in [1.54, 1.807) is 0 Å². The second-order valence-electron chi connectivity index (χ2n) is 4.43. The molecular weight excluding hydrogens is 206 g/mol. The van der Waals surface area contributed by atoms with Gasteiger partial charge in [-0.2, -0.15) is 0 Å². The van der Waals surface area contributed by atoms with Crippen molar-refractivity contribution < 1.29 is 0 Å². The van der Waals surface area contributed by atoms with E-state index in [-0.39, 0.29) is 0 Å². The van der Waals surface area contributed by atoms with Gasteiger partial charge in [0.05, 0.1) is 0 Å². The normalized spacial score (nSPS) is 11.0. The summed E-state index contributed by atoms with van der Waals surface area (Å²) < 4.78 is 0. The van der Waals surface area contributed by atoms with Crippen LogP contribution in [0.2, 0.25) is 5.02 Å². The van der Waals surface area contributed by atoms with Gasteiger partial charge in [0.15, 0.2) is 0 Å². The summed E-state index contributed by atoms with van der Waals surface area (Å²) in [5.41, 5.74) is 2.52. The average Bonchev–Trinajstić information content (AvgIpc) is 2.18. The molecule has 0 bridgehead atoms. The molecule has 0 amide bonds. The van der Waals surface area contributed by atoms with E-state index in [9.17, 15) is 0 Å². The Balaban J connectivity index is 2.35. The van der Waals surface area contributed by atoms with Gasteiger partial charge in [-0.15, -0.1) is 0 Å². The van der Waals surface area contributed by atoms with Crippen LogP contribution >= 0.6 is 11.6 Å². The zero-order valence-corrected chi connectivity index (χ0v) is 10.6. The molecular formula is C13H20ClN. The van der Waals surface area contributed by atoms with Gasteiger partial charge in [-0.05, 0) is 49.5 Å². The minimum Gasteiger partial charge on any atom is -0.316 e. The highest BCUT2D eigenvalue weighted by Gasteiger charge is 1.98. The lowest BCUT2D eigenvalue weighted by atomic mass is 10.1. The van der Waals surface area contributed by atoms with Crippen LogP contribution in [0.25, 0.3) is 0 Å². The standard InChI is InChI=1S/C13H20ClN/c1-10(2)9-15-7-6-12-4-5-13(14)11(3)8-12/h4-5,8,10,15H,6-7,9H2,1-3H3. The van der Waals surface area contributed by atoms with Crippen LogP contribution in [-0.4, -0.2) is 13.1 Å². The third-order valence-electron chi connectivity index (χ3n) is 2.37. The number of benzene rings is 1. The summed E-state index contributed by atoms with van der Waals surface area (Å²) in [7, 11) is 0. The maximum absolute atomic E-state index is 5.97. The average molecular weight is 226 g/mol. The zero-order valence-electron chi connectivity index (χ0n) is 9.81. The molecule has 0 saturated heterocycles. The van der Waals surface area contributed by atoms with Crippen molar-refractivity contribution in [3.05, 3.63) is 34.3 Å². The van der Waals surface area contributed by atoms with Gasteiger partial charge in [-0.1, -0.05) is 37.6 Å². The van der Waals surface area contributed by atoms with Crippen LogP contribution in [-0.2, 0) is 6.42 Å². The molecule has 84 valence electrons. The minimum absolute atomic E-state index is 0.719. The second kappa shape index (κ2) is 6.14. The van der Waals surface area contributed by atoms with Crippen molar-refractivity contribution >= 4 is 11.6 Å². The van der Waals surface area contributed by atoms with Gasteiger partial charge in [0.2, 0.25) is 0 Å². The lowest BCUT2D eigenvalue weighted by molar-refractivity contribution is 0.554. The Morgan fingerprint density at radius 3 is 2.67 bits per heavy atom. The first-order chi connectivity index (χ1) is 7.09. The van der Waals surface area contributed by atoms with Crippen LogP contribution in [0.4, 0.5) is 0 Å². The third-order valence-corrected chi connectivity index (χ3v) is 2.79. The van der Waals surface area contributed by atoms with Crippen LogP contribution in [0, 0.1) is 12.8 Å². The van der Waals surface area contributed by atoms with Gasteiger partial charge in [0.25, 0.3) is 0 Å². The van der Waals surface area contributed by atoms with Gasteiger partial charge in [0, 0.05) is 5.02 Å². The number of aryl methyl sites for hydroxylation is 1. The van der Waals surface area contributed by atoms with Gasteiger partial charge in [0.1, 0.15) is 0 Å². The van der Waals surface area contributed by atoms with Crippen molar-refractivity contribution in [3.63, 3.8) is 0 Å². The molecule has 0 fully saturated rings. The van der Waals surface area contributed by atoms with E-state index >= 15 is 0 Å².